The zero-order chi connectivity index (χ0) is 11.7. The summed E-state index contributed by atoms with van der Waals surface area (Å²) in [5, 5.41) is 0.705. The summed E-state index contributed by atoms with van der Waals surface area (Å²) < 4.78 is 13.6. The Labute approximate surface area is 106 Å². The molecule has 3 heteroatoms. The van der Waals surface area contributed by atoms with Crippen molar-refractivity contribution in [2.45, 2.75) is 31.6 Å². The summed E-state index contributed by atoms with van der Waals surface area (Å²) in [6.45, 7) is 2.16. The first-order valence-electron chi connectivity index (χ1n) is 5.66. The van der Waals surface area contributed by atoms with Gasteiger partial charge in [-0.3, -0.25) is 0 Å². The van der Waals surface area contributed by atoms with Crippen LogP contribution < -0.4 is 0 Å². The van der Waals surface area contributed by atoms with Crippen molar-refractivity contribution in [3.8, 4) is 0 Å². The summed E-state index contributed by atoms with van der Waals surface area (Å²) in [5.41, 5.74) is 0.756. The summed E-state index contributed by atoms with van der Waals surface area (Å²) in [5.74, 6) is 0.771. The van der Waals surface area contributed by atoms with Gasteiger partial charge >= 0.3 is 0 Å². The second-order valence-electron chi connectivity index (χ2n) is 4.65. The zero-order valence-electron chi connectivity index (χ0n) is 9.22. The van der Waals surface area contributed by atoms with Crippen molar-refractivity contribution in [3.05, 3.63) is 34.6 Å². The van der Waals surface area contributed by atoms with Crippen LogP contribution in [0.1, 0.15) is 25.3 Å². The maximum Gasteiger partial charge on any atom is 0.127 e. The van der Waals surface area contributed by atoms with E-state index in [9.17, 15) is 4.39 Å². The van der Waals surface area contributed by atoms with Crippen LogP contribution in [-0.2, 0) is 6.42 Å². The molecule has 3 atom stereocenters. The van der Waals surface area contributed by atoms with Crippen LogP contribution in [0.5, 0.6) is 0 Å². The molecule has 1 aromatic carbocycles. The average Bonchev–Trinajstić information content (AvgIpc) is 2.54. The maximum atomic E-state index is 13.6. The summed E-state index contributed by atoms with van der Waals surface area (Å²) in [6, 6.07) is 4.92. The van der Waals surface area contributed by atoms with Gasteiger partial charge in [0, 0.05) is 10.4 Å². The highest BCUT2D eigenvalue weighted by molar-refractivity contribution is 6.30. The number of alkyl halides is 1. The van der Waals surface area contributed by atoms with Crippen LogP contribution in [0.4, 0.5) is 4.39 Å². The molecule has 1 aliphatic rings. The molecule has 1 saturated carbocycles. The predicted molar refractivity (Wildman–Crippen MR) is 66.6 cm³/mol. The Hall–Kier alpha value is -0.270. The summed E-state index contributed by atoms with van der Waals surface area (Å²) in [6.07, 6.45) is 2.91. The fourth-order valence-corrected chi connectivity index (χ4v) is 2.94. The Bertz CT molecular complexity index is 378. The SMILES string of the molecule is CC1C(Cl)CCC1Cc1ccc(Cl)cc1F. The molecule has 2 rings (SSSR count). The molecular weight excluding hydrogens is 246 g/mol. The van der Waals surface area contributed by atoms with Crippen molar-refractivity contribution in [1.82, 2.24) is 0 Å². The first kappa shape index (κ1) is 12.2. The molecule has 0 amide bonds. The molecule has 16 heavy (non-hydrogen) atoms. The van der Waals surface area contributed by atoms with E-state index >= 15 is 0 Å². The molecule has 0 aromatic heterocycles. The molecule has 1 aromatic rings. The number of halogens is 3. The summed E-state index contributed by atoms with van der Waals surface area (Å²) in [4.78, 5) is 0. The van der Waals surface area contributed by atoms with Gasteiger partial charge in [-0.25, -0.2) is 4.39 Å². The van der Waals surface area contributed by atoms with Crippen molar-refractivity contribution >= 4 is 23.2 Å². The standard InChI is InChI=1S/C13H15Cl2F/c1-8-9(3-5-12(8)15)6-10-2-4-11(14)7-13(10)16/h2,4,7-9,12H,3,5-6H2,1H3. The second-order valence-corrected chi connectivity index (χ2v) is 5.65. The lowest BCUT2D eigenvalue weighted by Crippen LogP contribution is -2.13. The first-order valence-corrected chi connectivity index (χ1v) is 6.47. The molecule has 0 saturated heterocycles. The third-order valence-corrected chi connectivity index (χ3v) is 4.48. The minimum absolute atomic E-state index is 0.197. The van der Waals surface area contributed by atoms with Gasteiger partial charge in [0.1, 0.15) is 5.82 Å². The van der Waals surface area contributed by atoms with Gasteiger partial charge in [-0.15, -0.1) is 11.6 Å². The van der Waals surface area contributed by atoms with Crippen LogP contribution in [-0.4, -0.2) is 5.38 Å². The van der Waals surface area contributed by atoms with Crippen LogP contribution >= 0.6 is 23.2 Å². The van der Waals surface area contributed by atoms with Crippen molar-refractivity contribution in [2.24, 2.45) is 11.8 Å². The fraction of sp³-hybridized carbons (Fsp3) is 0.538. The van der Waals surface area contributed by atoms with Gasteiger partial charge in [0.2, 0.25) is 0 Å². The van der Waals surface area contributed by atoms with Gasteiger partial charge < -0.3 is 0 Å². The second kappa shape index (κ2) is 4.93. The van der Waals surface area contributed by atoms with E-state index in [2.05, 4.69) is 6.92 Å². The van der Waals surface area contributed by atoms with E-state index < -0.39 is 0 Å². The van der Waals surface area contributed by atoms with Crippen molar-refractivity contribution in [3.63, 3.8) is 0 Å². The van der Waals surface area contributed by atoms with E-state index in [0.29, 0.717) is 16.9 Å². The lowest BCUT2D eigenvalue weighted by atomic mass is 9.91. The van der Waals surface area contributed by atoms with E-state index in [4.69, 9.17) is 23.2 Å². The molecule has 0 radical (unpaired) electrons. The van der Waals surface area contributed by atoms with Crippen LogP contribution in [0.3, 0.4) is 0 Å². The predicted octanol–water partition coefficient (Wildman–Crippen LogP) is 4.68. The topological polar surface area (TPSA) is 0 Å². The van der Waals surface area contributed by atoms with Crippen molar-refractivity contribution in [2.75, 3.05) is 0 Å². The molecule has 3 unspecified atom stereocenters. The Kier molecular flexibility index (Phi) is 3.76. The van der Waals surface area contributed by atoms with Gasteiger partial charge in [-0.05, 0) is 48.8 Å². The minimum atomic E-state index is -0.197. The smallest absolute Gasteiger partial charge is 0.127 e. The highest BCUT2D eigenvalue weighted by Gasteiger charge is 2.31. The molecule has 1 aliphatic carbocycles. The van der Waals surface area contributed by atoms with Crippen LogP contribution in [0.15, 0.2) is 18.2 Å². The molecule has 0 N–H and O–H groups in total. The van der Waals surface area contributed by atoms with Crippen molar-refractivity contribution in [1.29, 1.82) is 0 Å². The summed E-state index contributed by atoms with van der Waals surface area (Å²) in [7, 11) is 0. The molecule has 0 heterocycles. The molecule has 0 bridgehead atoms. The Balaban J connectivity index is 2.09. The van der Waals surface area contributed by atoms with E-state index in [1.165, 1.54) is 6.07 Å². The number of hydrogen-bond donors (Lipinski definition) is 0. The Morgan fingerprint density at radius 1 is 1.38 bits per heavy atom. The Morgan fingerprint density at radius 3 is 2.69 bits per heavy atom. The van der Waals surface area contributed by atoms with Gasteiger partial charge in [0.15, 0.2) is 0 Å². The van der Waals surface area contributed by atoms with Crippen molar-refractivity contribution < 1.29 is 4.39 Å². The molecule has 88 valence electrons. The fourth-order valence-electron chi connectivity index (χ4n) is 2.45. The highest BCUT2D eigenvalue weighted by atomic mass is 35.5. The van der Waals surface area contributed by atoms with Gasteiger partial charge in [0.05, 0.1) is 0 Å². The molecule has 0 spiro atoms. The van der Waals surface area contributed by atoms with E-state index in [1.807, 2.05) is 0 Å². The lowest BCUT2D eigenvalue weighted by Gasteiger charge is -2.17. The molecule has 1 fully saturated rings. The molecular formula is C13H15Cl2F. The van der Waals surface area contributed by atoms with Crippen LogP contribution in [0, 0.1) is 17.7 Å². The monoisotopic (exact) mass is 260 g/mol. The van der Waals surface area contributed by atoms with Crippen LogP contribution in [0.25, 0.3) is 0 Å². The number of benzene rings is 1. The minimum Gasteiger partial charge on any atom is -0.207 e. The zero-order valence-corrected chi connectivity index (χ0v) is 10.7. The third-order valence-electron chi connectivity index (χ3n) is 3.62. The van der Waals surface area contributed by atoms with Gasteiger partial charge in [-0.2, -0.15) is 0 Å². The van der Waals surface area contributed by atoms with E-state index in [1.54, 1.807) is 12.1 Å². The number of hydrogen-bond acceptors (Lipinski definition) is 0. The highest BCUT2D eigenvalue weighted by Crippen LogP contribution is 2.37. The molecule has 0 aliphatic heterocycles. The van der Waals surface area contributed by atoms with Crippen LogP contribution in [0.2, 0.25) is 5.02 Å². The van der Waals surface area contributed by atoms with E-state index in [0.717, 1.165) is 24.8 Å². The maximum absolute atomic E-state index is 13.6. The Morgan fingerprint density at radius 2 is 2.12 bits per heavy atom. The van der Waals surface area contributed by atoms with Gasteiger partial charge in [0.25, 0.3) is 0 Å². The van der Waals surface area contributed by atoms with Gasteiger partial charge in [-0.1, -0.05) is 24.6 Å². The summed E-state index contributed by atoms with van der Waals surface area (Å²) >= 11 is 11.9. The van der Waals surface area contributed by atoms with E-state index in [-0.39, 0.29) is 11.2 Å². The lowest BCUT2D eigenvalue weighted by molar-refractivity contribution is 0.413. The first-order chi connectivity index (χ1) is 7.58. The third kappa shape index (κ3) is 2.52. The molecule has 0 nitrogen and oxygen atoms in total. The average molecular weight is 261 g/mol. The number of rotatable bonds is 2. The largest absolute Gasteiger partial charge is 0.207 e. The normalized spacial score (nSPS) is 29.6. The quantitative estimate of drug-likeness (QED) is 0.678.